The molecule has 1 aliphatic rings. The SMILES string of the molecule is CC(=O)Nc1cc(C)cc(C(C)=O)c1OCC(O)CN1CCC(Oc2ccc(F)cc2)C1. The standard InChI is InChI=1S/C24H29FN2O5/c1-15-10-22(16(2)28)24(23(11-15)26-17(3)29)31-14-19(30)12-27-9-8-21(13-27)32-20-6-4-18(25)5-7-20/h4-7,10-11,19,21,30H,8-9,12-14H2,1-3H3,(H,26,29). The predicted molar refractivity (Wildman–Crippen MR) is 119 cm³/mol. The number of hydrogen-bond acceptors (Lipinski definition) is 6. The molecular formula is C24H29FN2O5. The molecule has 2 N–H and O–H groups in total. The van der Waals surface area contributed by atoms with Crippen LogP contribution in [0, 0.1) is 12.7 Å². The normalized spacial score (nSPS) is 17.1. The first-order valence-electron chi connectivity index (χ1n) is 10.6. The molecule has 2 atom stereocenters. The minimum absolute atomic E-state index is 0.0318. The number of β-amino-alcohol motifs (C(OH)–C–C–N with tert-alkyl or cyclic N) is 1. The van der Waals surface area contributed by atoms with Crippen LogP contribution in [0.5, 0.6) is 11.5 Å². The molecule has 1 heterocycles. The number of aryl methyl sites for hydroxylation is 1. The van der Waals surface area contributed by atoms with Crippen LogP contribution in [0.15, 0.2) is 36.4 Å². The predicted octanol–water partition coefficient (Wildman–Crippen LogP) is 3.19. The van der Waals surface area contributed by atoms with E-state index in [4.69, 9.17) is 9.47 Å². The molecule has 172 valence electrons. The van der Waals surface area contributed by atoms with Crippen LogP contribution in [0.25, 0.3) is 0 Å². The minimum atomic E-state index is -0.800. The van der Waals surface area contributed by atoms with Gasteiger partial charge in [0, 0.05) is 26.6 Å². The van der Waals surface area contributed by atoms with E-state index in [1.165, 1.54) is 26.0 Å². The number of benzene rings is 2. The van der Waals surface area contributed by atoms with Crippen LogP contribution in [0.3, 0.4) is 0 Å². The van der Waals surface area contributed by atoms with Gasteiger partial charge in [0.25, 0.3) is 0 Å². The third-order valence-electron chi connectivity index (χ3n) is 5.16. The van der Waals surface area contributed by atoms with Crippen molar-refractivity contribution in [2.45, 2.75) is 39.4 Å². The number of carbonyl (C=O) groups is 2. The van der Waals surface area contributed by atoms with Gasteiger partial charge in [0.2, 0.25) is 5.91 Å². The van der Waals surface area contributed by atoms with Crippen molar-refractivity contribution in [3.05, 3.63) is 53.3 Å². The Labute approximate surface area is 187 Å². The Balaban J connectivity index is 1.57. The van der Waals surface area contributed by atoms with Crippen molar-refractivity contribution in [1.82, 2.24) is 4.90 Å². The van der Waals surface area contributed by atoms with Gasteiger partial charge in [-0.25, -0.2) is 4.39 Å². The van der Waals surface area contributed by atoms with Gasteiger partial charge in [0.1, 0.15) is 30.4 Å². The number of anilines is 1. The number of hydrogen-bond donors (Lipinski definition) is 2. The molecule has 2 unspecified atom stereocenters. The fourth-order valence-corrected chi connectivity index (χ4v) is 3.77. The third-order valence-corrected chi connectivity index (χ3v) is 5.16. The molecule has 2 aromatic rings. The van der Waals surface area contributed by atoms with Crippen molar-refractivity contribution < 1.29 is 28.6 Å². The second-order valence-electron chi connectivity index (χ2n) is 8.13. The van der Waals surface area contributed by atoms with Crippen LogP contribution in [0.2, 0.25) is 0 Å². The molecule has 1 amide bonds. The molecule has 3 rings (SSSR count). The zero-order valence-electron chi connectivity index (χ0n) is 18.6. The number of Topliss-reactive ketones (excluding diaryl/α,β-unsaturated/α-hetero) is 1. The Morgan fingerprint density at radius 2 is 1.97 bits per heavy atom. The number of carbonyl (C=O) groups excluding carboxylic acids is 2. The molecule has 8 heteroatoms. The summed E-state index contributed by atoms with van der Waals surface area (Å²) in [6, 6.07) is 9.35. The minimum Gasteiger partial charge on any atom is -0.489 e. The van der Waals surface area contributed by atoms with E-state index in [-0.39, 0.29) is 36.0 Å². The quantitative estimate of drug-likeness (QED) is 0.578. The summed E-state index contributed by atoms with van der Waals surface area (Å²) in [5.74, 6) is 0.0987. The summed E-state index contributed by atoms with van der Waals surface area (Å²) < 4.78 is 24.7. The largest absolute Gasteiger partial charge is 0.489 e. The second-order valence-corrected chi connectivity index (χ2v) is 8.13. The summed E-state index contributed by atoms with van der Waals surface area (Å²) in [7, 11) is 0. The van der Waals surface area contributed by atoms with E-state index < -0.39 is 6.10 Å². The van der Waals surface area contributed by atoms with E-state index >= 15 is 0 Å². The van der Waals surface area contributed by atoms with Crippen LogP contribution in [-0.4, -0.2) is 60.1 Å². The Hall–Kier alpha value is -2.97. The molecule has 0 bridgehead atoms. The molecule has 1 saturated heterocycles. The maximum atomic E-state index is 13.0. The summed E-state index contributed by atoms with van der Waals surface area (Å²) in [4.78, 5) is 25.7. The van der Waals surface area contributed by atoms with Crippen LogP contribution < -0.4 is 14.8 Å². The lowest BCUT2D eigenvalue weighted by Crippen LogP contribution is -2.35. The topological polar surface area (TPSA) is 88.1 Å². The molecule has 0 saturated carbocycles. The Bertz CT molecular complexity index is 964. The van der Waals surface area contributed by atoms with Gasteiger partial charge in [0.05, 0.1) is 11.3 Å². The van der Waals surface area contributed by atoms with Crippen LogP contribution in [0.1, 0.15) is 36.2 Å². The van der Waals surface area contributed by atoms with Gasteiger partial charge >= 0.3 is 0 Å². The van der Waals surface area contributed by atoms with E-state index in [9.17, 15) is 19.1 Å². The van der Waals surface area contributed by atoms with Gasteiger partial charge < -0.3 is 19.9 Å². The molecule has 0 aliphatic carbocycles. The second kappa shape index (κ2) is 10.6. The molecule has 0 spiro atoms. The van der Waals surface area contributed by atoms with Crippen molar-refractivity contribution in [2.24, 2.45) is 0 Å². The molecular weight excluding hydrogens is 415 g/mol. The highest BCUT2D eigenvalue weighted by Crippen LogP contribution is 2.31. The molecule has 1 aliphatic heterocycles. The van der Waals surface area contributed by atoms with E-state index in [2.05, 4.69) is 10.2 Å². The van der Waals surface area contributed by atoms with E-state index in [0.29, 0.717) is 30.1 Å². The summed E-state index contributed by atoms with van der Waals surface area (Å²) >= 11 is 0. The Morgan fingerprint density at radius 3 is 2.62 bits per heavy atom. The highest BCUT2D eigenvalue weighted by Gasteiger charge is 2.26. The first-order valence-corrected chi connectivity index (χ1v) is 10.6. The number of likely N-dealkylation sites (tertiary alicyclic amines) is 1. The van der Waals surface area contributed by atoms with E-state index in [1.54, 1.807) is 24.3 Å². The number of amides is 1. The molecule has 1 fully saturated rings. The van der Waals surface area contributed by atoms with Gasteiger partial charge in [-0.1, -0.05) is 0 Å². The third kappa shape index (κ3) is 6.51. The van der Waals surface area contributed by atoms with Gasteiger partial charge in [-0.3, -0.25) is 14.5 Å². The molecule has 7 nitrogen and oxygen atoms in total. The van der Waals surface area contributed by atoms with Crippen molar-refractivity contribution in [2.75, 3.05) is 31.6 Å². The van der Waals surface area contributed by atoms with Crippen molar-refractivity contribution in [1.29, 1.82) is 0 Å². The highest BCUT2D eigenvalue weighted by atomic mass is 19.1. The van der Waals surface area contributed by atoms with Gasteiger partial charge in [-0.15, -0.1) is 0 Å². The number of ether oxygens (including phenoxy) is 2. The average molecular weight is 445 g/mol. The van der Waals surface area contributed by atoms with Gasteiger partial charge in [-0.2, -0.15) is 0 Å². The van der Waals surface area contributed by atoms with Gasteiger partial charge in [-0.05, 0) is 62.2 Å². The van der Waals surface area contributed by atoms with Crippen LogP contribution in [-0.2, 0) is 4.79 Å². The van der Waals surface area contributed by atoms with Crippen LogP contribution in [0.4, 0.5) is 10.1 Å². The lowest BCUT2D eigenvalue weighted by atomic mass is 10.1. The van der Waals surface area contributed by atoms with Gasteiger partial charge in [0.15, 0.2) is 11.5 Å². The van der Waals surface area contributed by atoms with Crippen molar-refractivity contribution in [3.8, 4) is 11.5 Å². The summed E-state index contributed by atoms with van der Waals surface area (Å²) in [6.07, 6.45) is -0.0448. The number of aliphatic hydroxyl groups is 1. The first kappa shape index (κ1) is 23.7. The zero-order chi connectivity index (χ0) is 23.3. The number of nitrogens with one attached hydrogen (secondary N) is 1. The highest BCUT2D eigenvalue weighted by molar-refractivity contribution is 6.01. The number of nitrogens with zero attached hydrogens (tertiary/aromatic N) is 1. The first-order chi connectivity index (χ1) is 15.2. The van der Waals surface area contributed by atoms with Crippen molar-refractivity contribution in [3.63, 3.8) is 0 Å². The van der Waals surface area contributed by atoms with Crippen molar-refractivity contribution >= 4 is 17.4 Å². The van der Waals surface area contributed by atoms with Crippen LogP contribution >= 0.6 is 0 Å². The maximum absolute atomic E-state index is 13.0. The average Bonchev–Trinajstić information content (AvgIpc) is 3.14. The molecule has 0 aromatic heterocycles. The van der Waals surface area contributed by atoms with E-state index in [1.807, 2.05) is 6.92 Å². The summed E-state index contributed by atoms with van der Waals surface area (Å²) in [5.41, 5.74) is 1.58. The summed E-state index contributed by atoms with van der Waals surface area (Å²) in [5, 5.41) is 13.2. The lowest BCUT2D eigenvalue weighted by Gasteiger charge is -2.22. The fourth-order valence-electron chi connectivity index (χ4n) is 3.77. The molecule has 2 aromatic carbocycles. The lowest BCUT2D eigenvalue weighted by molar-refractivity contribution is -0.114. The summed E-state index contributed by atoms with van der Waals surface area (Å²) in [6.45, 7) is 6.37. The number of aliphatic hydroxyl groups excluding tert-OH is 1. The maximum Gasteiger partial charge on any atom is 0.221 e. The number of rotatable bonds is 9. The smallest absolute Gasteiger partial charge is 0.221 e. The Kier molecular flexibility index (Phi) is 7.82. The fraction of sp³-hybridized carbons (Fsp3) is 0.417. The molecule has 32 heavy (non-hydrogen) atoms. The number of ketones is 1. The monoisotopic (exact) mass is 444 g/mol. The zero-order valence-corrected chi connectivity index (χ0v) is 18.6. The number of halogens is 1. The molecule has 0 radical (unpaired) electrons. The Morgan fingerprint density at radius 1 is 1.25 bits per heavy atom. The van der Waals surface area contributed by atoms with E-state index in [0.717, 1.165) is 18.5 Å².